The molecule has 2 unspecified atom stereocenters. The van der Waals surface area contributed by atoms with Gasteiger partial charge in [0.2, 0.25) is 0 Å². The molecule has 1 aliphatic carbocycles. The minimum Gasteiger partial charge on any atom is -0.390 e. The van der Waals surface area contributed by atoms with Crippen LogP contribution in [-0.2, 0) is 6.42 Å². The third-order valence-corrected chi connectivity index (χ3v) is 3.92. The second-order valence-electron chi connectivity index (χ2n) is 5.89. The van der Waals surface area contributed by atoms with Gasteiger partial charge in [0, 0.05) is 11.4 Å². The molecule has 2 atom stereocenters. The lowest BCUT2D eigenvalue weighted by Gasteiger charge is -2.39. The molecular formula is C15H21ClO. The topological polar surface area (TPSA) is 20.2 Å². The van der Waals surface area contributed by atoms with Crippen LogP contribution in [0, 0.1) is 11.8 Å². The number of benzene rings is 1. The van der Waals surface area contributed by atoms with E-state index in [0.29, 0.717) is 11.8 Å². The van der Waals surface area contributed by atoms with Gasteiger partial charge in [-0.25, -0.2) is 0 Å². The Balaban J connectivity index is 2.11. The zero-order valence-corrected chi connectivity index (χ0v) is 11.4. The van der Waals surface area contributed by atoms with Crippen LogP contribution in [0.3, 0.4) is 0 Å². The van der Waals surface area contributed by atoms with Crippen molar-refractivity contribution in [1.82, 2.24) is 0 Å². The van der Waals surface area contributed by atoms with Crippen LogP contribution in [-0.4, -0.2) is 10.7 Å². The monoisotopic (exact) mass is 252 g/mol. The normalized spacial score (nSPS) is 33.6. The van der Waals surface area contributed by atoms with E-state index in [2.05, 4.69) is 13.8 Å². The summed E-state index contributed by atoms with van der Waals surface area (Å²) in [5.41, 5.74) is 0.600. The van der Waals surface area contributed by atoms with E-state index in [1.54, 1.807) is 0 Å². The smallest absolute Gasteiger partial charge is 0.0693 e. The summed E-state index contributed by atoms with van der Waals surface area (Å²) in [6.45, 7) is 4.47. The lowest BCUT2D eigenvalue weighted by Crippen LogP contribution is -2.39. The van der Waals surface area contributed by atoms with Gasteiger partial charge in [-0.2, -0.15) is 0 Å². The maximum atomic E-state index is 10.7. The fourth-order valence-corrected chi connectivity index (χ4v) is 3.62. The molecule has 0 aromatic heterocycles. The van der Waals surface area contributed by atoms with Gasteiger partial charge in [0.1, 0.15) is 0 Å². The third kappa shape index (κ3) is 3.46. The minimum atomic E-state index is -0.540. The Hall–Kier alpha value is -0.530. The van der Waals surface area contributed by atoms with E-state index in [0.717, 1.165) is 29.8 Å². The summed E-state index contributed by atoms with van der Waals surface area (Å²) in [6, 6.07) is 7.84. The van der Waals surface area contributed by atoms with Crippen molar-refractivity contribution in [3.63, 3.8) is 0 Å². The maximum Gasteiger partial charge on any atom is 0.0693 e. The van der Waals surface area contributed by atoms with Crippen molar-refractivity contribution in [2.45, 2.75) is 45.1 Å². The van der Waals surface area contributed by atoms with Crippen LogP contribution >= 0.6 is 11.6 Å². The van der Waals surface area contributed by atoms with Crippen molar-refractivity contribution in [2.75, 3.05) is 0 Å². The van der Waals surface area contributed by atoms with Gasteiger partial charge in [0.15, 0.2) is 0 Å². The van der Waals surface area contributed by atoms with Crippen molar-refractivity contribution >= 4 is 11.6 Å². The quantitative estimate of drug-likeness (QED) is 0.841. The Labute approximate surface area is 109 Å². The first-order valence-corrected chi connectivity index (χ1v) is 6.81. The molecule has 0 radical (unpaired) electrons. The molecule has 0 bridgehead atoms. The molecule has 0 aliphatic heterocycles. The first-order valence-electron chi connectivity index (χ1n) is 6.44. The van der Waals surface area contributed by atoms with Gasteiger partial charge in [-0.05, 0) is 48.8 Å². The minimum absolute atomic E-state index is 0.540. The van der Waals surface area contributed by atoms with Gasteiger partial charge < -0.3 is 5.11 Å². The van der Waals surface area contributed by atoms with Crippen LogP contribution in [0.1, 0.15) is 38.7 Å². The van der Waals surface area contributed by atoms with Gasteiger partial charge in [0.05, 0.1) is 5.60 Å². The van der Waals surface area contributed by atoms with Gasteiger partial charge in [-0.1, -0.05) is 37.6 Å². The molecular weight excluding hydrogens is 232 g/mol. The highest BCUT2D eigenvalue weighted by atomic mass is 35.5. The summed E-state index contributed by atoms with van der Waals surface area (Å²) in [6.07, 6.45) is 3.77. The van der Waals surface area contributed by atoms with E-state index in [1.165, 1.54) is 6.42 Å². The molecule has 2 heteroatoms. The summed E-state index contributed by atoms with van der Waals surface area (Å²) in [4.78, 5) is 0. The molecule has 2 rings (SSSR count). The number of hydrogen-bond donors (Lipinski definition) is 1. The van der Waals surface area contributed by atoms with Crippen molar-refractivity contribution in [1.29, 1.82) is 0 Å². The zero-order chi connectivity index (χ0) is 12.5. The molecule has 0 heterocycles. The van der Waals surface area contributed by atoms with E-state index in [9.17, 15) is 5.11 Å². The lowest BCUT2D eigenvalue weighted by atomic mass is 9.71. The molecule has 1 aromatic rings. The van der Waals surface area contributed by atoms with Gasteiger partial charge in [-0.15, -0.1) is 0 Å². The van der Waals surface area contributed by atoms with Crippen LogP contribution in [0.2, 0.25) is 5.02 Å². The van der Waals surface area contributed by atoms with E-state index in [1.807, 2.05) is 24.3 Å². The van der Waals surface area contributed by atoms with Gasteiger partial charge in [-0.3, -0.25) is 0 Å². The summed E-state index contributed by atoms with van der Waals surface area (Å²) >= 11 is 5.98. The van der Waals surface area contributed by atoms with Crippen molar-refractivity contribution in [2.24, 2.45) is 11.8 Å². The summed E-state index contributed by atoms with van der Waals surface area (Å²) in [5, 5.41) is 11.5. The standard InChI is InChI=1S/C15H21ClO/c1-11-6-12(2)9-15(17,8-11)10-13-4-3-5-14(16)7-13/h3-5,7,11-12,17H,6,8-10H2,1-2H3. The number of hydrogen-bond acceptors (Lipinski definition) is 1. The van der Waals surface area contributed by atoms with Crippen LogP contribution in [0.25, 0.3) is 0 Å². The second-order valence-corrected chi connectivity index (χ2v) is 6.32. The summed E-state index contributed by atoms with van der Waals surface area (Å²) in [5.74, 6) is 1.23. The van der Waals surface area contributed by atoms with Crippen LogP contribution < -0.4 is 0 Å². The first kappa shape index (κ1) is 12.9. The van der Waals surface area contributed by atoms with E-state index in [-0.39, 0.29) is 0 Å². The average Bonchev–Trinajstić information content (AvgIpc) is 2.13. The Morgan fingerprint density at radius 2 is 1.94 bits per heavy atom. The fraction of sp³-hybridized carbons (Fsp3) is 0.600. The largest absolute Gasteiger partial charge is 0.390 e. The molecule has 0 saturated heterocycles. The Bertz CT molecular complexity index is 378. The van der Waals surface area contributed by atoms with Crippen molar-refractivity contribution in [3.05, 3.63) is 34.9 Å². The van der Waals surface area contributed by atoms with Gasteiger partial charge in [0.25, 0.3) is 0 Å². The molecule has 1 aromatic carbocycles. The fourth-order valence-electron chi connectivity index (χ4n) is 3.41. The zero-order valence-electron chi connectivity index (χ0n) is 10.6. The van der Waals surface area contributed by atoms with Crippen LogP contribution in [0.4, 0.5) is 0 Å². The lowest BCUT2D eigenvalue weighted by molar-refractivity contribution is -0.0304. The number of rotatable bonds is 2. The number of aliphatic hydroxyl groups is 1. The molecule has 0 spiro atoms. The van der Waals surface area contributed by atoms with E-state index < -0.39 is 5.60 Å². The van der Waals surface area contributed by atoms with Crippen molar-refractivity contribution < 1.29 is 5.11 Å². The van der Waals surface area contributed by atoms with E-state index in [4.69, 9.17) is 11.6 Å². The molecule has 1 nitrogen and oxygen atoms in total. The molecule has 17 heavy (non-hydrogen) atoms. The molecule has 0 amide bonds. The predicted molar refractivity (Wildman–Crippen MR) is 72.3 cm³/mol. The molecule has 1 aliphatic rings. The van der Waals surface area contributed by atoms with Crippen LogP contribution in [0.15, 0.2) is 24.3 Å². The molecule has 1 N–H and O–H groups in total. The highest BCUT2D eigenvalue weighted by Gasteiger charge is 2.35. The number of halogens is 1. The highest BCUT2D eigenvalue weighted by Crippen LogP contribution is 2.38. The molecule has 94 valence electrons. The van der Waals surface area contributed by atoms with Crippen molar-refractivity contribution in [3.8, 4) is 0 Å². The maximum absolute atomic E-state index is 10.7. The van der Waals surface area contributed by atoms with Crippen LogP contribution in [0.5, 0.6) is 0 Å². The first-order chi connectivity index (χ1) is 7.97. The van der Waals surface area contributed by atoms with E-state index >= 15 is 0 Å². The Morgan fingerprint density at radius 3 is 2.53 bits per heavy atom. The Kier molecular flexibility index (Phi) is 3.79. The van der Waals surface area contributed by atoms with Gasteiger partial charge >= 0.3 is 0 Å². The highest BCUT2D eigenvalue weighted by molar-refractivity contribution is 6.30. The third-order valence-electron chi connectivity index (χ3n) is 3.68. The summed E-state index contributed by atoms with van der Waals surface area (Å²) in [7, 11) is 0. The molecule has 1 fully saturated rings. The summed E-state index contributed by atoms with van der Waals surface area (Å²) < 4.78 is 0. The SMILES string of the molecule is CC1CC(C)CC(O)(Cc2cccc(Cl)c2)C1. The second kappa shape index (κ2) is 4.99. The Morgan fingerprint density at radius 1 is 1.29 bits per heavy atom. The average molecular weight is 253 g/mol. The predicted octanol–water partition coefficient (Wildman–Crippen LogP) is 4.07. The molecule has 1 saturated carbocycles.